The van der Waals surface area contributed by atoms with Crippen molar-refractivity contribution in [2.45, 2.75) is 38.1 Å². The molecule has 1 amide bonds. The van der Waals surface area contributed by atoms with Gasteiger partial charge in [-0.05, 0) is 49.9 Å². The smallest absolute Gasteiger partial charge is 0.227 e. The molecule has 2 saturated heterocycles. The summed E-state index contributed by atoms with van der Waals surface area (Å²) in [7, 11) is 0. The van der Waals surface area contributed by atoms with Gasteiger partial charge in [0.2, 0.25) is 5.91 Å². The average Bonchev–Trinajstić information content (AvgIpc) is 3.17. The van der Waals surface area contributed by atoms with Gasteiger partial charge >= 0.3 is 0 Å². The number of nitrogens with two attached hydrogens (primary N) is 1. The number of hydrogen-bond acceptors (Lipinski definition) is 4. The second-order valence-corrected chi connectivity index (χ2v) is 8.12. The van der Waals surface area contributed by atoms with E-state index in [9.17, 15) is 4.79 Å². The third-order valence-corrected chi connectivity index (χ3v) is 6.81. The van der Waals surface area contributed by atoms with E-state index in [1.54, 1.807) is 0 Å². The van der Waals surface area contributed by atoms with Gasteiger partial charge in [-0.25, -0.2) is 0 Å². The molecule has 4 rings (SSSR count). The van der Waals surface area contributed by atoms with Crippen LogP contribution in [0.15, 0.2) is 0 Å². The normalized spacial score (nSPS) is 39.1. The zero-order chi connectivity index (χ0) is 15.8. The van der Waals surface area contributed by atoms with Gasteiger partial charge < -0.3 is 15.4 Å². The lowest BCUT2D eigenvalue weighted by molar-refractivity contribution is -0.139. The van der Waals surface area contributed by atoms with E-state index in [0.29, 0.717) is 17.7 Å². The second kappa shape index (κ2) is 6.69. The van der Waals surface area contributed by atoms with Crippen LogP contribution in [0.5, 0.6) is 0 Å². The second-order valence-electron chi connectivity index (χ2n) is 8.12. The molecule has 0 radical (unpaired) electrons. The molecule has 2 saturated carbocycles. The quantitative estimate of drug-likeness (QED) is 0.840. The Balaban J connectivity index is 1.27. The Bertz CT molecular complexity index is 428. The lowest BCUT2D eigenvalue weighted by Gasteiger charge is -2.39. The van der Waals surface area contributed by atoms with E-state index in [4.69, 9.17) is 10.5 Å². The molecule has 4 unspecified atom stereocenters. The minimum Gasteiger partial charge on any atom is -0.381 e. The van der Waals surface area contributed by atoms with Crippen molar-refractivity contribution < 1.29 is 9.53 Å². The summed E-state index contributed by atoms with van der Waals surface area (Å²) in [6.07, 6.45) is 6.05. The van der Waals surface area contributed by atoms with Crippen molar-refractivity contribution in [3.63, 3.8) is 0 Å². The van der Waals surface area contributed by atoms with Gasteiger partial charge in [0.15, 0.2) is 0 Å². The van der Waals surface area contributed by atoms with Gasteiger partial charge in [-0.3, -0.25) is 9.69 Å². The molecule has 2 bridgehead atoms. The van der Waals surface area contributed by atoms with Gasteiger partial charge in [-0.2, -0.15) is 0 Å². The van der Waals surface area contributed by atoms with Gasteiger partial charge in [0.1, 0.15) is 0 Å². The highest BCUT2D eigenvalue weighted by Gasteiger charge is 2.50. The Morgan fingerprint density at radius 2 is 1.70 bits per heavy atom. The Hall–Kier alpha value is -0.650. The van der Waals surface area contributed by atoms with Crippen molar-refractivity contribution in [1.82, 2.24) is 9.80 Å². The van der Waals surface area contributed by atoms with Gasteiger partial charge in [0, 0.05) is 52.0 Å². The third kappa shape index (κ3) is 3.15. The summed E-state index contributed by atoms with van der Waals surface area (Å²) in [6, 6.07) is 0.126. The Morgan fingerprint density at radius 1 is 1.00 bits per heavy atom. The highest BCUT2D eigenvalue weighted by Crippen LogP contribution is 2.48. The minimum absolute atomic E-state index is 0.121. The van der Waals surface area contributed by atoms with E-state index >= 15 is 0 Å². The number of nitrogens with zero attached hydrogens (tertiary/aromatic N) is 2. The molecule has 0 aromatic heterocycles. The SMILES string of the molecule is NC1C2CCC(C2)C1C(=O)N1CCN(CC2CCOCC2)CC1. The zero-order valence-corrected chi connectivity index (χ0v) is 14.2. The summed E-state index contributed by atoms with van der Waals surface area (Å²) in [5.74, 6) is 2.45. The first-order valence-corrected chi connectivity index (χ1v) is 9.57. The van der Waals surface area contributed by atoms with Crippen molar-refractivity contribution in [2.75, 3.05) is 45.9 Å². The van der Waals surface area contributed by atoms with Crippen LogP contribution in [-0.2, 0) is 9.53 Å². The van der Waals surface area contributed by atoms with Crippen LogP contribution in [-0.4, -0.2) is 67.7 Å². The molecule has 2 N–H and O–H groups in total. The Kier molecular flexibility index (Phi) is 4.61. The van der Waals surface area contributed by atoms with Gasteiger partial charge in [-0.15, -0.1) is 0 Å². The van der Waals surface area contributed by atoms with Crippen molar-refractivity contribution in [3.8, 4) is 0 Å². The van der Waals surface area contributed by atoms with Crippen LogP contribution in [0.3, 0.4) is 0 Å². The maximum absolute atomic E-state index is 12.9. The average molecular weight is 321 g/mol. The van der Waals surface area contributed by atoms with E-state index in [2.05, 4.69) is 9.80 Å². The fourth-order valence-electron chi connectivity index (χ4n) is 5.36. The molecule has 4 aliphatic rings. The van der Waals surface area contributed by atoms with E-state index in [-0.39, 0.29) is 12.0 Å². The Labute approximate surface area is 139 Å². The van der Waals surface area contributed by atoms with E-state index < -0.39 is 0 Å². The topological polar surface area (TPSA) is 58.8 Å². The van der Waals surface area contributed by atoms with Crippen molar-refractivity contribution in [3.05, 3.63) is 0 Å². The number of fused-ring (bicyclic) bond motifs is 2. The molecule has 130 valence electrons. The zero-order valence-electron chi connectivity index (χ0n) is 14.2. The summed E-state index contributed by atoms with van der Waals surface area (Å²) in [4.78, 5) is 17.6. The van der Waals surface area contributed by atoms with Crippen molar-refractivity contribution in [1.29, 1.82) is 0 Å². The predicted molar refractivity (Wildman–Crippen MR) is 88.9 cm³/mol. The van der Waals surface area contributed by atoms with Crippen LogP contribution < -0.4 is 5.73 Å². The van der Waals surface area contributed by atoms with Crippen LogP contribution in [0.4, 0.5) is 0 Å². The van der Waals surface area contributed by atoms with Crippen LogP contribution in [0.2, 0.25) is 0 Å². The fourth-order valence-corrected chi connectivity index (χ4v) is 5.36. The van der Waals surface area contributed by atoms with Gasteiger partial charge in [-0.1, -0.05) is 0 Å². The number of amides is 1. The molecule has 2 heterocycles. The fraction of sp³-hybridized carbons (Fsp3) is 0.944. The molecule has 5 nitrogen and oxygen atoms in total. The van der Waals surface area contributed by atoms with Crippen molar-refractivity contribution in [2.24, 2.45) is 29.4 Å². The van der Waals surface area contributed by atoms with E-state index in [0.717, 1.165) is 45.3 Å². The molecule has 5 heteroatoms. The molecule has 0 spiro atoms. The summed E-state index contributed by atoms with van der Waals surface area (Å²) in [5.41, 5.74) is 6.35. The molecule has 2 aliphatic carbocycles. The van der Waals surface area contributed by atoms with Crippen LogP contribution in [0, 0.1) is 23.7 Å². The standard InChI is InChI=1S/C18H31N3O2/c19-17-15-2-1-14(11-15)16(17)18(22)21-7-5-20(6-8-21)12-13-3-9-23-10-4-13/h13-17H,1-12,19H2. The summed E-state index contributed by atoms with van der Waals surface area (Å²) in [6.45, 7) is 6.86. The third-order valence-electron chi connectivity index (χ3n) is 6.81. The van der Waals surface area contributed by atoms with Crippen LogP contribution in [0.1, 0.15) is 32.1 Å². The number of rotatable bonds is 3. The number of hydrogen-bond donors (Lipinski definition) is 1. The molecule has 4 fully saturated rings. The monoisotopic (exact) mass is 321 g/mol. The molecular formula is C18H31N3O2. The Morgan fingerprint density at radius 3 is 2.35 bits per heavy atom. The lowest BCUT2D eigenvalue weighted by atomic mass is 9.84. The van der Waals surface area contributed by atoms with Crippen LogP contribution >= 0.6 is 0 Å². The van der Waals surface area contributed by atoms with E-state index in [1.165, 1.54) is 38.6 Å². The molecule has 2 aliphatic heterocycles. The number of carbonyl (C=O) groups excluding carboxylic acids is 1. The van der Waals surface area contributed by atoms with E-state index in [1.807, 2.05) is 0 Å². The first kappa shape index (κ1) is 15.9. The molecule has 0 aromatic rings. The predicted octanol–water partition coefficient (Wildman–Crippen LogP) is 0.931. The summed E-state index contributed by atoms with van der Waals surface area (Å²) >= 11 is 0. The summed E-state index contributed by atoms with van der Waals surface area (Å²) in [5, 5.41) is 0. The van der Waals surface area contributed by atoms with Gasteiger partial charge in [0.05, 0.1) is 5.92 Å². The lowest BCUT2D eigenvalue weighted by Crippen LogP contribution is -2.54. The first-order valence-electron chi connectivity index (χ1n) is 9.57. The van der Waals surface area contributed by atoms with Crippen LogP contribution in [0.25, 0.3) is 0 Å². The molecule has 4 atom stereocenters. The minimum atomic E-state index is 0.121. The number of ether oxygens (including phenoxy) is 1. The molecule has 0 aromatic carbocycles. The highest BCUT2D eigenvalue weighted by molar-refractivity contribution is 5.80. The number of carbonyl (C=O) groups is 1. The first-order chi connectivity index (χ1) is 11.2. The highest BCUT2D eigenvalue weighted by atomic mass is 16.5. The maximum Gasteiger partial charge on any atom is 0.227 e. The summed E-state index contributed by atoms with van der Waals surface area (Å²) < 4.78 is 5.45. The number of piperazine rings is 1. The molecular weight excluding hydrogens is 290 g/mol. The van der Waals surface area contributed by atoms with Crippen molar-refractivity contribution >= 4 is 5.91 Å². The molecule has 23 heavy (non-hydrogen) atoms. The maximum atomic E-state index is 12.9. The van der Waals surface area contributed by atoms with Gasteiger partial charge in [0.25, 0.3) is 0 Å². The largest absolute Gasteiger partial charge is 0.381 e.